The molecule has 1 aromatic carbocycles. The first-order valence-corrected chi connectivity index (χ1v) is 14.9. The Kier molecular flexibility index (Phi) is 9.11. The lowest BCUT2D eigenvalue weighted by Gasteiger charge is -2.36. The van der Waals surface area contributed by atoms with Crippen molar-refractivity contribution < 1.29 is 19.5 Å². The molecule has 2 heterocycles. The van der Waals surface area contributed by atoms with Gasteiger partial charge in [0, 0.05) is 18.9 Å². The lowest BCUT2D eigenvalue weighted by atomic mass is 9.83. The molecular formula is C30H42N4O4S. The molecule has 0 unspecified atom stereocenters. The third-order valence-electron chi connectivity index (χ3n) is 8.02. The zero-order valence-electron chi connectivity index (χ0n) is 23.7. The Bertz CT molecular complexity index is 1170. The number of nitrogens with zero attached hydrogens (tertiary/aromatic N) is 2. The standard InChI is InChI=1S/C30H42N4O4S/c1-18(20-11-13-21(14-12-20)25-19(2)31-17-39-25)32-28(37)24-15-23(35)16-34(24)29(38)26(30(3,4)5)33-27(36)22-9-7-6-8-10-22/h11-14,17-18,22-24,26,35H,6-10,15-16H2,1-5H3,(H,32,37)(H,33,36)/t18-,23+,24-,26+/m0/s1. The summed E-state index contributed by atoms with van der Waals surface area (Å²) in [5.74, 6) is -0.789. The van der Waals surface area contributed by atoms with Gasteiger partial charge in [-0.2, -0.15) is 0 Å². The van der Waals surface area contributed by atoms with E-state index in [1.807, 2.05) is 64.4 Å². The van der Waals surface area contributed by atoms with Crippen molar-refractivity contribution in [1.29, 1.82) is 0 Å². The first-order chi connectivity index (χ1) is 18.5. The largest absolute Gasteiger partial charge is 0.391 e. The van der Waals surface area contributed by atoms with Gasteiger partial charge in [-0.3, -0.25) is 14.4 Å². The van der Waals surface area contributed by atoms with Crippen LogP contribution < -0.4 is 10.6 Å². The molecule has 3 N–H and O–H groups in total. The molecule has 1 aliphatic carbocycles. The molecule has 0 radical (unpaired) electrons. The van der Waals surface area contributed by atoms with Crippen LogP contribution in [0.1, 0.15) is 83.5 Å². The molecule has 0 bridgehead atoms. The number of aryl methyl sites for hydroxylation is 1. The van der Waals surface area contributed by atoms with Crippen LogP contribution in [-0.4, -0.2) is 57.4 Å². The van der Waals surface area contributed by atoms with E-state index in [0.717, 1.165) is 53.8 Å². The van der Waals surface area contributed by atoms with Crippen LogP contribution in [-0.2, 0) is 14.4 Å². The molecule has 4 rings (SSSR count). The molecule has 1 saturated carbocycles. The van der Waals surface area contributed by atoms with Crippen LogP contribution in [0.5, 0.6) is 0 Å². The lowest BCUT2D eigenvalue weighted by Crippen LogP contribution is -2.58. The monoisotopic (exact) mass is 554 g/mol. The predicted octanol–water partition coefficient (Wildman–Crippen LogP) is 4.37. The summed E-state index contributed by atoms with van der Waals surface area (Å²) in [4.78, 5) is 47.2. The topological polar surface area (TPSA) is 112 Å². The third-order valence-corrected chi connectivity index (χ3v) is 9.00. The number of aliphatic hydroxyl groups excluding tert-OH is 1. The summed E-state index contributed by atoms with van der Waals surface area (Å²) >= 11 is 1.59. The Labute approximate surface area is 235 Å². The summed E-state index contributed by atoms with van der Waals surface area (Å²) in [5, 5.41) is 16.5. The molecule has 2 aromatic rings. The summed E-state index contributed by atoms with van der Waals surface area (Å²) in [6.07, 6.45) is 4.25. The van der Waals surface area contributed by atoms with E-state index in [9.17, 15) is 19.5 Å². The van der Waals surface area contributed by atoms with Gasteiger partial charge < -0.3 is 20.6 Å². The second kappa shape index (κ2) is 12.2. The Hall–Kier alpha value is -2.78. The maximum Gasteiger partial charge on any atom is 0.246 e. The van der Waals surface area contributed by atoms with Gasteiger partial charge >= 0.3 is 0 Å². The maximum atomic E-state index is 13.8. The number of amides is 3. The number of carbonyl (C=O) groups is 3. The van der Waals surface area contributed by atoms with Crippen LogP contribution >= 0.6 is 11.3 Å². The van der Waals surface area contributed by atoms with Crippen molar-refractivity contribution in [3.05, 3.63) is 41.0 Å². The molecule has 0 spiro atoms. The number of β-amino-alcohol motifs (C(OH)–C–C–N with tert-alkyl or cyclic N) is 1. The van der Waals surface area contributed by atoms with E-state index >= 15 is 0 Å². The number of likely N-dealkylation sites (tertiary alicyclic amines) is 1. The highest BCUT2D eigenvalue weighted by molar-refractivity contribution is 7.13. The summed E-state index contributed by atoms with van der Waals surface area (Å²) < 4.78 is 0. The number of nitrogens with one attached hydrogen (secondary N) is 2. The third kappa shape index (κ3) is 6.87. The highest BCUT2D eigenvalue weighted by atomic mass is 32.1. The summed E-state index contributed by atoms with van der Waals surface area (Å²) in [7, 11) is 0. The highest BCUT2D eigenvalue weighted by Crippen LogP contribution is 2.30. The first-order valence-electron chi connectivity index (χ1n) is 14.1. The Morgan fingerprint density at radius 1 is 1.05 bits per heavy atom. The number of aromatic nitrogens is 1. The molecule has 2 aliphatic rings. The Morgan fingerprint density at radius 3 is 2.31 bits per heavy atom. The number of hydrogen-bond donors (Lipinski definition) is 3. The van der Waals surface area contributed by atoms with Crippen LogP contribution in [0.3, 0.4) is 0 Å². The normalized spacial score (nSPS) is 21.8. The maximum absolute atomic E-state index is 13.8. The van der Waals surface area contributed by atoms with Gasteiger partial charge in [0.2, 0.25) is 17.7 Å². The van der Waals surface area contributed by atoms with E-state index in [-0.39, 0.29) is 42.6 Å². The van der Waals surface area contributed by atoms with Gasteiger partial charge in [-0.25, -0.2) is 4.98 Å². The summed E-state index contributed by atoms with van der Waals surface area (Å²) in [5.41, 5.74) is 4.29. The second-order valence-corrected chi connectivity index (χ2v) is 13.0. The second-order valence-electron chi connectivity index (χ2n) is 12.2. The van der Waals surface area contributed by atoms with Gasteiger partial charge in [-0.15, -0.1) is 11.3 Å². The molecule has 9 heteroatoms. The summed E-state index contributed by atoms with van der Waals surface area (Å²) in [6, 6.07) is 6.16. The first kappa shape index (κ1) is 29.2. The highest BCUT2D eigenvalue weighted by Gasteiger charge is 2.45. The van der Waals surface area contributed by atoms with Crippen molar-refractivity contribution in [2.75, 3.05) is 6.54 Å². The molecule has 1 aliphatic heterocycles. The van der Waals surface area contributed by atoms with E-state index in [1.165, 1.54) is 4.90 Å². The van der Waals surface area contributed by atoms with Crippen LogP contribution in [0, 0.1) is 18.3 Å². The molecule has 3 amide bonds. The van der Waals surface area contributed by atoms with E-state index in [0.29, 0.717) is 0 Å². The minimum absolute atomic E-state index is 0.0695. The van der Waals surface area contributed by atoms with Gasteiger partial charge in [0.05, 0.1) is 28.2 Å². The molecule has 8 nitrogen and oxygen atoms in total. The number of rotatable bonds is 7. The zero-order valence-corrected chi connectivity index (χ0v) is 24.5. The summed E-state index contributed by atoms with van der Waals surface area (Å²) in [6.45, 7) is 9.70. The van der Waals surface area contributed by atoms with E-state index in [1.54, 1.807) is 11.3 Å². The van der Waals surface area contributed by atoms with Crippen molar-refractivity contribution in [2.45, 2.75) is 97.4 Å². The van der Waals surface area contributed by atoms with Gasteiger partial charge in [-0.1, -0.05) is 64.3 Å². The van der Waals surface area contributed by atoms with Crippen molar-refractivity contribution in [3.8, 4) is 10.4 Å². The number of hydrogen-bond acceptors (Lipinski definition) is 6. The molecule has 4 atom stereocenters. The lowest BCUT2D eigenvalue weighted by molar-refractivity contribution is -0.144. The Balaban J connectivity index is 1.44. The quantitative estimate of drug-likeness (QED) is 0.471. The fourth-order valence-electron chi connectivity index (χ4n) is 5.64. The minimum atomic E-state index is -0.800. The number of thiazole rings is 1. The van der Waals surface area contributed by atoms with E-state index in [4.69, 9.17) is 0 Å². The van der Waals surface area contributed by atoms with Gasteiger partial charge in [0.15, 0.2) is 0 Å². The van der Waals surface area contributed by atoms with E-state index < -0.39 is 23.6 Å². The molecule has 1 saturated heterocycles. The van der Waals surface area contributed by atoms with Crippen LogP contribution in [0.4, 0.5) is 0 Å². The smallest absolute Gasteiger partial charge is 0.246 e. The number of aliphatic hydroxyl groups is 1. The molecule has 39 heavy (non-hydrogen) atoms. The molecular weight excluding hydrogens is 512 g/mol. The van der Waals surface area contributed by atoms with Crippen LogP contribution in [0.2, 0.25) is 0 Å². The Morgan fingerprint density at radius 2 is 1.72 bits per heavy atom. The van der Waals surface area contributed by atoms with Crippen molar-refractivity contribution in [3.63, 3.8) is 0 Å². The minimum Gasteiger partial charge on any atom is -0.391 e. The fraction of sp³-hybridized carbons (Fsp3) is 0.600. The van der Waals surface area contributed by atoms with Gasteiger partial charge in [-0.05, 0) is 43.2 Å². The predicted molar refractivity (Wildman–Crippen MR) is 153 cm³/mol. The average Bonchev–Trinajstić information content (AvgIpc) is 3.52. The van der Waals surface area contributed by atoms with Gasteiger partial charge in [0.1, 0.15) is 12.1 Å². The number of benzene rings is 1. The zero-order chi connectivity index (χ0) is 28.3. The average molecular weight is 555 g/mol. The van der Waals surface area contributed by atoms with Crippen molar-refractivity contribution in [1.82, 2.24) is 20.5 Å². The molecule has 2 fully saturated rings. The van der Waals surface area contributed by atoms with Crippen LogP contribution in [0.25, 0.3) is 10.4 Å². The van der Waals surface area contributed by atoms with Crippen LogP contribution in [0.15, 0.2) is 29.8 Å². The fourth-order valence-corrected chi connectivity index (χ4v) is 6.45. The van der Waals surface area contributed by atoms with Crippen molar-refractivity contribution in [2.24, 2.45) is 11.3 Å². The molecule has 212 valence electrons. The van der Waals surface area contributed by atoms with E-state index in [2.05, 4.69) is 15.6 Å². The SMILES string of the molecule is Cc1ncsc1-c1ccc([C@H](C)NC(=O)[C@@H]2C[C@@H](O)CN2C(=O)[C@@H](NC(=O)C2CCCCC2)C(C)(C)C)cc1. The van der Waals surface area contributed by atoms with Gasteiger partial charge in [0.25, 0.3) is 0 Å². The molecule has 1 aromatic heterocycles. The number of carbonyl (C=O) groups excluding carboxylic acids is 3. The van der Waals surface area contributed by atoms with Crippen molar-refractivity contribution >= 4 is 29.1 Å².